The van der Waals surface area contributed by atoms with Gasteiger partial charge in [-0.15, -0.1) is 0 Å². The van der Waals surface area contributed by atoms with Gasteiger partial charge in [0.1, 0.15) is 17.1 Å². The lowest BCUT2D eigenvalue weighted by molar-refractivity contribution is 0.0951. The molecule has 1 unspecified atom stereocenters. The zero-order chi connectivity index (χ0) is 24.4. The molecule has 0 aliphatic carbocycles. The van der Waals surface area contributed by atoms with Crippen LogP contribution >= 0.6 is 23.2 Å². The summed E-state index contributed by atoms with van der Waals surface area (Å²) in [6.45, 7) is 0.320. The van der Waals surface area contributed by atoms with E-state index < -0.39 is 17.1 Å². The lowest BCUT2D eigenvalue weighted by Gasteiger charge is -2.29. The third-order valence-corrected chi connectivity index (χ3v) is 7.47. The van der Waals surface area contributed by atoms with Gasteiger partial charge >= 0.3 is 0 Å². The number of ether oxygens (including phenoxy) is 1. The quantitative estimate of drug-likeness (QED) is 0.370. The lowest BCUT2D eigenvalue weighted by Crippen LogP contribution is -2.36. The van der Waals surface area contributed by atoms with Gasteiger partial charge in [-0.2, -0.15) is 4.31 Å². The van der Waals surface area contributed by atoms with Crippen LogP contribution in [0.5, 0.6) is 5.75 Å². The Morgan fingerprint density at radius 2 is 1.82 bits per heavy atom. The van der Waals surface area contributed by atoms with Crippen LogP contribution in [-0.4, -0.2) is 30.4 Å². The number of hydrogen-bond acceptors (Lipinski definition) is 5. The third kappa shape index (κ3) is 4.93. The molecule has 0 aromatic heterocycles. The summed E-state index contributed by atoms with van der Waals surface area (Å²) in [5, 5.41) is 3.56. The Kier molecular flexibility index (Phi) is 7.19. The zero-order valence-corrected chi connectivity index (χ0v) is 20.6. The number of hydrogen-bond donors (Lipinski definition) is 1. The Balaban J connectivity index is 1.58. The molecule has 3 aromatic rings. The van der Waals surface area contributed by atoms with Crippen molar-refractivity contribution in [1.82, 2.24) is 5.32 Å². The molecular weight excluding hydrogens is 495 g/mol. The first-order chi connectivity index (χ1) is 16.3. The van der Waals surface area contributed by atoms with Gasteiger partial charge in [0.15, 0.2) is 0 Å². The molecule has 1 atom stereocenters. The van der Waals surface area contributed by atoms with E-state index in [1.807, 2.05) is 24.3 Å². The van der Waals surface area contributed by atoms with Gasteiger partial charge in [-0.3, -0.25) is 9.59 Å². The summed E-state index contributed by atoms with van der Waals surface area (Å²) in [7, 11) is 3.22. The van der Waals surface area contributed by atoms with Crippen LogP contribution in [0.15, 0.2) is 65.6 Å². The number of benzene rings is 3. The van der Waals surface area contributed by atoms with Gasteiger partial charge in [0, 0.05) is 18.2 Å². The number of rotatable bonds is 5. The molecule has 174 valence electrons. The van der Waals surface area contributed by atoms with Gasteiger partial charge in [-0.05, 0) is 53.6 Å². The summed E-state index contributed by atoms with van der Waals surface area (Å²) in [6, 6.07) is 17.0. The fraction of sp³-hybridized carbons (Fsp3) is 0.120. The molecule has 4 rings (SSSR count). The number of nitrogens with zero attached hydrogens (tertiary/aromatic N) is 1. The molecule has 6 nitrogen and oxygen atoms in total. The van der Waals surface area contributed by atoms with E-state index in [0.29, 0.717) is 39.0 Å². The number of allylic oxidation sites excluding steroid dienone is 1. The summed E-state index contributed by atoms with van der Waals surface area (Å²) in [6.07, 6.45) is 1.52. The lowest BCUT2D eigenvalue weighted by atomic mass is 10.0. The Labute approximate surface area is 210 Å². The van der Waals surface area contributed by atoms with Crippen LogP contribution in [-0.2, 0) is 17.9 Å². The van der Waals surface area contributed by atoms with Crippen LogP contribution in [0.1, 0.15) is 31.8 Å². The van der Waals surface area contributed by atoms with Crippen molar-refractivity contribution < 1.29 is 18.9 Å². The van der Waals surface area contributed by atoms with E-state index in [1.54, 1.807) is 44.5 Å². The molecule has 1 heterocycles. The van der Waals surface area contributed by atoms with E-state index in [4.69, 9.17) is 27.9 Å². The number of carbonyl (C=O) groups excluding carboxylic acids is 2. The van der Waals surface area contributed by atoms with Crippen molar-refractivity contribution in [3.8, 4) is 5.75 Å². The average molecular weight is 515 g/mol. The Morgan fingerprint density at radius 3 is 2.50 bits per heavy atom. The highest BCUT2D eigenvalue weighted by Crippen LogP contribution is 2.36. The molecule has 1 aliphatic rings. The SMILES string of the molecule is COc1ccc(CNC(=O)c2ccc3c(c2)C(=O)/C(=C\c2ccc(Cl)c(Cl)c2)[S+]([O-])N3C)cc1. The van der Waals surface area contributed by atoms with E-state index in [9.17, 15) is 14.1 Å². The molecule has 0 saturated heterocycles. The van der Waals surface area contributed by atoms with E-state index >= 15 is 0 Å². The summed E-state index contributed by atoms with van der Waals surface area (Å²) >= 11 is 10.3. The maximum Gasteiger partial charge on any atom is 0.251 e. The maximum absolute atomic E-state index is 13.3. The number of Topliss-reactive ketones (excluding diaryl/α,β-unsaturated/α-hetero) is 1. The predicted molar refractivity (Wildman–Crippen MR) is 136 cm³/mol. The number of carbonyl (C=O) groups is 2. The predicted octanol–water partition coefficient (Wildman–Crippen LogP) is 5.27. The zero-order valence-electron chi connectivity index (χ0n) is 18.3. The Bertz CT molecular complexity index is 1290. The van der Waals surface area contributed by atoms with Crippen molar-refractivity contribution in [3.05, 3.63) is 97.9 Å². The summed E-state index contributed by atoms with van der Waals surface area (Å²) in [5.74, 6) is -0.00685. The second-order valence-corrected chi connectivity index (χ2v) is 9.82. The molecule has 34 heavy (non-hydrogen) atoms. The molecule has 0 radical (unpaired) electrons. The van der Waals surface area contributed by atoms with E-state index in [0.717, 1.165) is 11.3 Å². The average Bonchev–Trinajstić information content (AvgIpc) is 2.85. The van der Waals surface area contributed by atoms with Crippen molar-refractivity contribution >= 4 is 58.0 Å². The standard InChI is InChI=1S/C25H20Cl2N2O4S/c1-29-22-10-6-17(25(31)28-14-15-3-7-18(33-2)8-4-15)13-19(22)24(30)23(34(29)32)12-16-5-9-20(26)21(27)11-16/h3-13H,14H2,1-2H3,(H,28,31)/b23-12+. The van der Waals surface area contributed by atoms with Crippen molar-refractivity contribution in [2.24, 2.45) is 0 Å². The molecule has 9 heteroatoms. The normalized spacial score (nSPS) is 16.4. The van der Waals surface area contributed by atoms with Gasteiger partial charge in [-0.25, -0.2) is 0 Å². The topological polar surface area (TPSA) is 81.7 Å². The van der Waals surface area contributed by atoms with Crippen molar-refractivity contribution in [1.29, 1.82) is 0 Å². The van der Waals surface area contributed by atoms with Crippen molar-refractivity contribution in [2.45, 2.75) is 6.54 Å². The number of anilines is 1. The monoisotopic (exact) mass is 514 g/mol. The highest BCUT2D eigenvalue weighted by atomic mass is 35.5. The number of methoxy groups -OCH3 is 1. The third-order valence-electron chi connectivity index (χ3n) is 5.36. The fourth-order valence-corrected chi connectivity index (χ4v) is 4.92. The summed E-state index contributed by atoms with van der Waals surface area (Å²) < 4.78 is 19.6. The number of nitrogens with one attached hydrogen (secondary N) is 1. The second-order valence-electron chi connectivity index (χ2n) is 7.52. The Hall–Kier alpha value is -2.97. The Morgan fingerprint density at radius 1 is 1.09 bits per heavy atom. The van der Waals surface area contributed by atoms with E-state index in [-0.39, 0.29) is 10.8 Å². The molecule has 0 spiro atoms. The molecular formula is C25H20Cl2N2O4S. The molecule has 1 amide bonds. The van der Waals surface area contributed by atoms with Crippen LogP contribution in [0.4, 0.5) is 5.69 Å². The van der Waals surface area contributed by atoms with Crippen LogP contribution in [0.2, 0.25) is 10.0 Å². The molecule has 1 N–H and O–H groups in total. The molecule has 0 fully saturated rings. The number of amides is 1. The highest BCUT2D eigenvalue weighted by molar-refractivity contribution is 7.97. The minimum atomic E-state index is -1.72. The molecule has 1 aliphatic heterocycles. The van der Waals surface area contributed by atoms with Gasteiger partial charge in [0.25, 0.3) is 5.91 Å². The largest absolute Gasteiger partial charge is 0.588 e. The van der Waals surface area contributed by atoms with Crippen molar-refractivity contribution in [3.63, 3.8) is 0 Å². The number of fused-ring (bicyclic) bond motifs is 1. The number of ketones is 1. The first-order valence-electron chi connectivity index (χ1n) is 10.2. The fourth-order valence-electron chi connectivity index (χ4n) is 3.48. The van der Waals surface area contributed by atoms with Gasteiger partial charge in [0.2, 0.25) is 10.7 Å². The molecule has 0 bridgehead atoms. The smallest absolute Gasteiger partial charge is 0.251 e. The summed E-state index contributed by atoms with van der Waals surface area (Å²) in [5.41, 5.74) is 2.61. The van der Waals surface area contributed by atoms with Gasteiger partial charge in [0.05, 0.1) is 35.5 Å². The van der Waals surface area contributed by atoms with E-state index in [1.165, 1.54) is 16.4 Å². The minimum Gasteiger partial charge on any atom is -0.588 e. The van der Waals surface area contributed by atoms with Gasteiger partial charge < -0.3 is 14.6 Å². The molecule has 0 saturated carbocycles. The van der Waals surface area contributed by atoms with Crippen LogP contribution in [0, 0.1) is 0 Å². The number of halogens is 2. The first kappa shape index (κ1) is 24.2. The van der Waals surface area contributed by atoms with Crippen LogP contribution < -0.4 is 14.4 Å². The minimum absolute atomic E-state index is 0.0872. The van der Waals surface area contributed by atoms with Gasteiger partial charge in [-0.1, -0.05) is 41.4 Å². The molecule has 3 aromatic carbocycles. The van der Waals surface area contributed by atoms with Crippen molar-refractivity contribution in [2.75, 3.05) is 18.5 Å². The first-order valence-corrected chi connectivity index (χ1v) is 12.1. The maximum atomic E-state index is 13.3. The summed E-state index contributed by atoms with van der Waals surface area (Å²) in [4.78, 5) is 26.1. The van der Waals surface area contributed by atoms with Crippen LogP contribution in [0.25, 0.3) is 6.08 Å². The second kappa shape index (κ2) is 10.1. The van der Waals surface area contributed by atoms with Crippen LogP contribution in [0.3, 0.4) is 0 Å². The van der Waals surface area contributed by atoms with E-state index in [2.05, 4.69) is 5.32 Å². The highest BCUT2D eigenvalue weighted by Gasteiger charge is 2.38.